The molecule has 1 heterocycles. The minimum absolute atomic E-state index is 0.0469. The zero-order valence-corrected chi connectivity index (χ0v) is 6.31. The Labute approximate surface area is 68.2 Å². The molecule has 0 spiro atoms. The number of rotatable bonds is 2. The second kappa shape index (κ2) is 3.51. The van der Waals surface area contributed by atoms with Gasteiger partial charge in [0.25, 0.3) is 0 Å². The van der Waals surface area contributed by atoms with Crippen molar-refractivity contribution in [2.24, 2.45) is 0 Å². The van der Waals surface area contributed by atoms with E-state index in [1.165, 1.54) is 12.4 Å². The van der Waals surface area contributed by atoms with Crippen molar-refractivity contribution >= 4 is 12.0 Å². The standard InChI is InChI=1S/C6H7N3O3/c1-7-4-2-8-3-5(9-4)12-6(10)11/h2-3H,1H3,(H,7,9)(H,10,11). The van der Waals surface area contributed by atoms with E-state index in [1.54, 1.807) is 7.05 Å². The predicted octanol–water partition coefficient (Wildman–Crippen LogP) is 0.575. The minimum atomic E-state index is -1.41. The SMILES string of the molecule is CNc1cncc(OC(=O)O)n1. The average molecular weight is 169 g/mol. The lowest BCUT2D eigenvalue weighted by Gasteiger charge is -2.00. The summed E-state index contributed by atoms with van der Waals surface area (Å²) >= 11 is 0. The monoisotopic (exact) mass is 169 g/mol. The van der Waals surface area contributed by atoms with Gasteiger partial charge in [-0.1, -0.05) is 0 Å². The highest BCUT2D eigenvalue weighted by Crippen LogP contribution is 2.07. The first-order valence-electron chi connectivity index (χ1n) is 3.13. The lowest BCUT2D eigenvalue weighted by Crippen LogP contribution is -2.05. The molecule has 0 aliphatic heterocycles. The molecule has 1 rings (SSSR count). The molecule has 2 N–H and O–H groups in total. The molecule has 12 heavy (non-hydrogen) atoms. The van der Waals surface area contributed by atoms with E-state index in [2.05, 4.69) is 20.0 Å². The van der Waals surface area contributed by atoms with Crippen LogP contribution >= 0.6 is 0 Å². The number of nitrogens with zero attached hydrogens (tertiary/aromatic N) is 2. The van der Waals surface area contributed by atoms with E-state index in [1.807, 2.05) is 0 Å². The van der Waals surface area contributed by atoms with Gasteiger partial charge in [-0.3, -0.25) is 4.98 Å². The van der Waals surface area contributed by atoms with Crippen molar-refractivity contribution < 1.29 is 14.6 Å². The largest absolute Gasteiger partial charge is 0.512 e. The molecule has 1 aromatic rings. The third-order valence-electron chi connectivity index (χ3n) is 1.06. The number of carbonyl (C=O) groups is 1. The van der Waals surface area contributed by atoms with Crippen LogP contribution in [0.1, 0.15) is 0 Å². The number of ether oxygens (including phenoxy) is 1. The predicted molar refractivity (Wildman–Crippen MR) is 40.2 cm³/mol. The van der Waals surface area contributed by atoms with E-state index in [-0.39, 0.29) is 5.88 Å². The molecule has 0 aliphatic carbocycles. The molecule has 0 amide bonds. The third-order valence-corrected chi connectivity index (χ3v) is 1.06. The van der Waals surface area contributed by atoms with Crippen LogP contribution in [-0.2, 0) is 0 Å². The first kappa shape index (κ1) is 8.25. The first-order valence-corrected chi connectivity index (χ1v) is 3.13. The molecule has 0 unspecified atom stereocenters. The van der Waals surface area contributed by atoms with Crippen molar-refractivity contribution in [3.8, 4) is 5.88 Å². The minimum Gasteiger partial charge on any atom is -0.449 e. The zero-order valence-electron chi connectivity index (χ0n) is 6.31. The Hall–Kier alpha value is -1.85. The molecule has 1 aromatic heterocycles. The Balaban J connectivity index is 2.79. The molecular formula is C6H7N3O3. The van der Waals surface area contributed by atoms with Gasteiger partial charge in [0.05, 0.1) is 12.4 Å². The summed E-state index contributed by atoms with van der Waals surface area (Å²) in [5.74, 6) is 0.406. The Kier molecular flexibility index (Phi) is 2.42. The van der Waals surface area contributed by atoms with Crippen molar-refractivity contribution in [2.75, 3.05) is 12.4 Å². The van der Waals surface area contributed by atoms with Crippen LogP contribution in [0.2, 0.25) is 0 Å². The number of anilines is 1. The molecule has 0 aliphatic rings. The number of aromatic nitrogens is 2. The van der Waals surface area contributed by atoms with Crippen molar-refractivity contribution in [3.05, 3.63) is 12.4 Å². The van der Waals surface area contributed by atoms with E-state index in [4.69, 9.17) is 5.11 Å². The van der Waals surface area contributed by atoms with Crippen LogP contribution in [0.5, 0.6) is 5.88 Å². The van der Waals surface area contributed by atoms with Crippen LogP contribution in [0.15, 0.2) is 12.4 Å². The van der Waals surface area contributed by atoms with E-state index < -0.39 is 6.16 Å². The quantitative estimate of drug-likeness (QED) is 0.630. The lowest BCUT2D eigenvalue weighted by atomic mass is 10.6. The van der Waals surface area contributed by atoms with Crippen LogP contribution in [0, 0.1) is 0 Å². The van der Waals surface area contributed by atoms with Crippen LogP contribution in [0.25, 0.3) is 0 Å². The fourth-order valence-corrected chi connectivity index (χ4v) is 0.607. The molecule has 0 bridgehead atoms. The van der Waals surface area contributed by atoms with Gasteiger partial charge in [-0.25, -0.2) is 4.79 Å². The third kappa shape index (κ3) is 2.08. The summed E-state index contributed by atoms with van der Waals surface area (Å²) in [4.78, 5) is 17.5. The highest BCUT2D eigenvalue weighted by atomic mass is 16.7. The van der Waals surface area contributed by atoms with E-state index in [0.717, 1.165) is 0 Å². The summed E-state index contributed by atoms with van der Waals surface area (Å²) in [6.45, 7) is 0. The van der Waals surface area contributed by atoms with Gasteiger partial charge >= 0.3 is 6.16 Å². The number of hydrogen-bond donors (Lipinski definition) is 2. The molecule has 0 radical (unpaired) electrons. The van der Waals surface area contributed by atoms with Gasteiger partial charge in [0, 0.05) is 7.05 Å². The lowest BCUT2D eigenvalue weighted by molar-refractivity contribution is 0.142. The van der Waals surface area contributed by atoms with Gasteiger partial charge < -0.3 is 15.2 Å². The second-order valence-corrected chi connectivity index (χ2v) is 1.86. The number of hydrogen-bond acceptors (Lipinski definition) is 5. The van der Waals surface area contributed by atoms with Gasteiger partial charge in [0.15, 0.2) is 0 Å². The average Bonchev–Trinajstić information content (AvgIpc) is 2.03. The fourth-order valence-electron chi connectivity index (χ4n) is 0.607. The zero-order chi connectivity index (χ0) is 8.97. The van der Waals surface area contributed by atoms with Crippen LogP contribution in [0.4, 0.5) is 10.6 Å². The van der Waals surface area contributed by atoms with E-state index in [0.29, 0.717) is 5.82 Å². The number of carboxylic acid groups (broad SMARTS) is 1. The second-order valence-electron chi connectivity index (χ2n) is 1.86. The molecule has 0 saturated heterocycles. The summed E-state index contributed by atoms with van der Waals surface area (Å²) < 4.78 is 4.26. The van der Waals surface area contributed by atoms with Crippen LogP contribution in [0.3, 0.4) is 0 Å². The Morgan fingerprint density at radius 3 is 3.00 bits per heavy atom. The molecule has 0 fully saturated rings. The highest BCUT2D eigenvalue weighted by molar-refractivity contribution is 5.60. The summed E-state index contributed by atoms with van der Waals surface area (Å²) in [6, 6.07) is 0. The Bertz CT molecular complexity index is 289. The van der Waals surface area contributed by atoms with E-state index >= 15 is 0 Å². The summed E-state index contributed by atoms with van der Waals surface area (Å²) in [5.41, 5.74) is 0. The smallest absolute Gasteiger partial charge is 0.449 e. The van der Waals surface area contributed by atoms with Crippen molar-refractivity contribution in [1.29, 1.82) is 0 Å². The fraction of sp³-hybridized carbons (Fsp3) is 0.167. The maximum Gasteiger partial charge on any atom is 0.512 e. The molecule has 0 aromatic carbocycles. The van der Waals surface area contributed by atoms with Crippen molar-refractivity contribution in [3.63, 3.8) is 0 Å². The molecular weight excluding hydrogens is 162 g/mol. The van der Waals surface area contributed by atoms with Gasteiger partial charge in [-0.2, -0.15) is 4.98 Å². The molecule has 6 nitrogen and oxygen atoms in total. The van der Waals surface area contributed by atoms with Gasteiger partial charge in [0.1, 0.15) is 5.82 Å². The number of nitrogens with one attached hydrogen (secondary N) is 1. The van der Waals surface area contributed by atoms with Crippen molar-refractivity contribution in [1.82, 2.24) is 9.97 Å². The Morgan fingerprint density at radius 1 is 1.67 bits per heavy atom. The molecule has 6 heteroatoms. The molecule has 0 saturated carbocycles. The summed E-state index contributed by atoms with van der Waals surface area (Å²) in [6.07, 6.45) is 1.27. The maximum atomic E-state index is 10.1. The van der Waals surface area contributed by atoms with Crippen LogP contribution < -0.4 is 10.1 Å². The first-order chi connectivity index (χ1) is 5.72. The van der Waals surface area contributed by atoms with E-state index in [9.17, 15) is 4.79 Å². The van der Waals surface area contributed by atoms with Gasteiger partial charge in [-0.15, -0.1) is 0 Å². The highest BCUT2D eigenvalue weighted by Gasteiger charge is 2.02. The maximum absolute atomic E-state index is 10.1. The van der Waals surface area contributed by atoms with Crippen molar-refractivity contribution in [2.45, 2.75) is 0 Å². The molecule has 0 atom stereocenters. The normalized spacial score (nSPS) is 9.08. The summed E-state index contributed by atoms with van der Waals surface area (Å²) in [7, 11) is 1.65. The summed E-state index contributed by atoms with van der Waals surface area (Å²) in [5, 5.41) is 10.9. The topological polar surface area (TPSA) is 84.3 Å². The Morgan fingerprint density at radius 2 is 2.42 bits per heavy atom. The van der Waals surface area contributed by atoms with Crippen LogP contribution in [-0.4, -0.2) is 28.3 Å². The van der Waals surface area contributed by atoms with Gasteiger partial charge in [0.2, 0.25) is 5.88 Å². The molecule has 64 valence electrons. The van der Waals surface area contributed by atoms with Gasteiger partial charge in [-0.05, 0) is 0 Å².